The van der Waals surface area contributed by atoms with Crippen LogP contribution in [0.4, 0.5) is 5.82 Å². The molecule has 0 saturated carbocycles. The molecule has 0 aliphatic rings. The number of aryl methyl sites for hydroxylation is 1. The highest BCUT2D eigenvalue weighted by Gasteiger charge is 2.26. The van der Waals surface area contributed by atoms with Gasteiger partial charge in [0, 0.05) is 10.9 Å². The Morgan fingerprint density at radius 2 is 2.04 bits per heavy atom. The Balaban J connectivity index is 2.28. The third-order valence-electron chi connectivity index (χ3n) is 4.73. The summed E-state index contributed by atoms with van der Waals surface area (Å²) < 4.78 is 8.76. The maximum Gasteiger partial charge on any atom is 0.253 e. The second kappa shape index (κ2) is 5.88. The number of nitrogens with zero attached hydrogens (tertiary/aromatic N) is 4. The number of hydrogen-bond donors (Lipinski definition) is 2. The molecule has 0 saturated heterocycles. The number of methoxy groups -OCH3 is 1. The molecule has 9 heteroatoms. The van der Waals surface area contributed by atoms with E-state index in [9.17, 15) is 4.79 Å². The number of primary amides is 1. The Bertz CT molecular complexity index is 1240. The summed E-state index contributed by atoms with van der Waals surface area (Å²) in [5.41, 5.74) is 15.8. The first-order valence-corrected chi connectivity index (χ1v) is 8.51. The molecule has 138 valence electrons. The second-order valence-electron chi connectivity index (χ2n) is 6.24. The first-order valence-electron chi connectivity index (χ1n) is 8.13. The third kappa shape index (κ3) is 2.26. The summed E-state index contributed by atoms with van der Waals surface area (Å²) in [4.78, 5) is 16.4. The lowest BCUT2D eigenvalue weighted by atomic mass is 10.1. The average molecular weight is 385 g/mol. The second-order valence-corrected chi connectivity index (χ2v) is 6.65. The van der Waals surface area contributed by atoms with Gasteiger partial charge in [-0.3, -0.25) is 9.36 Å². The Morgan fingerprint density at radius 3 is 2.70 bits per heavy atom. The van der Waals surface area contributed by atoms with Crippen molar-refractivity contribution in [2.24, 2.45) is 5.73 Å². The predicted octanol–water partition coefficient (Wildman–Crippen LogP) is 2.63. The van der Waals surface area contributed by atoms with E-state index >= 15 is 0 Å². The summed E-state index contributed by atoms with van der Waals surface area (Å²) in [5, 5.41) is 5.12. The number of halogens is 1. The maximum absolute atomic E-state index is 12.2. The number of nitrogen functional groups attached to an aromatic ring is 1. The number of fused-ring (bicyclic) bond motifs is 3. The number of pyridine rings is 1. The van der Waals surface area contributed by atoms with Gasteiger partial charge in [-0.05, 0) is 31.5 Å². The zero-order valence-electron chi connectivity index (χ0n) is 14.9. The van der Waals surface area contributed by atoms with Crippen LogP contribution in [0.3, 0.4) is 0 Å². The highest BCUT2D eigenvalue weighted by molar-refractivity contribution is 6.34. The molecule has 0 spiro atoms. The van der Waals surface area contributed by atoms with E-state index in [1.165, 1.54) is 6.33 Å². The van der Waals surface area contributed by atoms with E-state index in [2.05, 4.69) is 10.1 Å². The molecular formula is C18H17ClN6O2. The molecule has 0 bridgehead atoms. The predicted molar refractivity (Wildman–Crippen MR) is 104 cm³/mol. The van der Waals surface area contributed by atoms with E-state index in [0.717, 1.165) is 16.8 Å². The van der Waals surface area contributed by atoms with Crippen molar-refractivity contribution in [3.63, 3.8) is 0 Å². The van der Waals surface area contributed by atoms with Gasteiger partial charge in [0.1, 0.15) is 17.9 Å². The summed E-state index contributed by atoms with van der Waals surface area (Å²) in [6.45, 7) is 3.87. The summed E-state index contributed by atoms with van der Waals surface area (Å²) in [6.07, 6.45) is 1.39. The van der Waals surface area contributed by atoms with Gasteiger partial charge in [0.2, 0.25) is 0 Å². The van der Waals surface area contributed by atoms with Crippen molar-refractivity contribution in [2.45, 2.75) is 13.8 Å². The van der Waals surface area contributed by atoms with Crippen LogP contribution in [0.25, 0.3) is 22.4 Å². The van der Waals surface area contributed by atoms with Gasteiger partial charge in [0.05, 0.1) is 23.4 Å². The Labute approximate surface area is 159 Å². The van der Waals surface area contributed by atoms with Gasteiger partial charge >= 0.3 is 0 Å². The number of hydrogen-bond acceptors (Lipinski definition) is 5. The molecule has 1 amide bonds. The quantitative estimate of drug-likeness (QED) is 0.563. The largest absolute Gasteiger partial charge is 0.496 e. The fraction of sp³-hybridized carbons (Fsp3) is 0.167. The number of carbonyl (C=O) groups excluding carboxylic acids is 1. The molecule has 4 N–H and O–H groups in total. The lowest BCUT2D eigenvalue weighted by Gasteiger charge is -2.17. The summed E-state index contributed by atoms with van der Waals surface area (Å²) in [5.74, 6) is 0.252. The maximum atomic E-state index is 12.2. The molecule has 8 nitrogen and oxygen atoms in total. The molecule has 0 aliphatic carbocycles. The van der Waals surface area contributed by atoms with Crippen molar-refractivity contribution in [3.05, 3.63) is 46.2 Å². The Morgan fingerprint density at radius 1 is 1.30 bits per heavy atom. The van der Waals surface area contributed by atoms with E-state index in [0.29, 0.717) is 27.5 Å². The van der Waals surface area contributed by atoms with Crippen molar-refractivity contribution in [1.29, 1.82) is 0 Å². The minimum atomic E-state index is -0.648. The summed E-state index contributed by atoms with van der Waals surface area (Å²) >= 11 is 6.33. The van der Waals surface area contributed by atoms with E-state index in [4.69, 9.17) is 27.8 Å². The van der Waals surface area contributed by atoms with Crippen LogP contribution in [0.15, 0.2) is 24.5 Å². The van der Waals surface area contributed by atoms with Crippen LogP contribution in [0.1, 0.15) is 21.5 Å². The monoisotopic (exact) mass is 384 g/mol. The van der Waals surface area contributed by atoms with Crippen molar-refractivity contribution in [2.75, 3.05) is 12.8 Å². The van der Waals surface area contributed by atoms with Crippen LogP contribution in [0.2, 0.25) is 5.02 Å². The van der Waals surface area contributed by atoms with Crippen LogP contribution < -0.4 is 16.2 Å². The topological polar surface area (TPSA) is 113 Å². The summed E-state index contributed by atoms with van der Waals surface area (Å²) in [6, 6.07) is 5.44. The number of anilines is 1. The lowest BCUT2D eigenvalue weighted by molar-refractivity contribution is 0.100. The van der Waals surface area contributed by atoms with Crippen molar-refractivity contribution >= 4 is 40.0 Å². The number of rotatable bonds is 3. The van der Waals surface area contributed by atoms with Gasteiger partial charge in [-0.2, -0.15) is 9.61 Å². The molecule has 3 aromatic heterocycles. The fourth-order valence-electron chi connectivity index (χ4n) is 3.56. The smallest absolute Gasteiger partial charge is 0.253 e. The molecule has 0 fully saturated rings. The van der Waals surface area contributed by atoms with Crippen molar-refractivity contribution in [1.82, 2.24) is 19.2 Å². The molecule has 0 unspecified atom stereocenters. The standard InChI is InChI=1S/C18H17ClN6O2/c1-8-4-5-12(27-3)9(2)14(8)24-15(20)13(16(21)26)10-6-11(19)17-22-7-23-25(17)18(10)24/h4-7H,20H2,1-3H3,(H2,21,26). The lowest BCUT2D eigenvalue weighted by Crippen LogP contribution is -2.14. The minimum absolute atomic E-state index is 0.186. The summed E-state index contributed by atoms with van der Waals surface area (Å²) in [7, 11) is 1.60. The molecule has 27 heavy (non-hydrogen) atoms. The van der Waals surface area contributed by atoms with Gasteiger partial charge in [-0.1, -0.05) is 17.7 Å². The van der Waals surface area contributed by atoms with Gasteiger partial charge in [-0.25, -0.2) is 4.98 Å². The number of aromatic nitrogens is 4. The SMILES string of the molecule is COc1ccc(C)c(-n2c(N)c(C(N)=O)c3cc(Cl)c4ncnn4c32)c1C. The van der Waals surface area contributed by atoms with Gasteiger partial charge in [0.25, 0.3) is 5.91 Å². The minimum Gasteiger partial charge on any atom is -0.496 e. The third-order valence-corrected chi connectivity index (χ3v) is 5.00. The van der Waals surface area contributed by atoms with Crippen LogP contribution in [0.5, 0.6) is 5.75 Å². The van der Waals surface area contributed by atoms with E-state index in [1.807, 2.05) is 26.0 Å². The first-order chi connectivity index (χ1) is 12.9. The van der Waals surface area contributed by atoms with Crippen LogP contribution in [0, 0.1) is 13.8 Å². The molecule has 4 rings (SSSR count). The number of carbonyl (C=O) groups is 1. The van der Waals surface area contributed by atoms with E-state index < -0.39 is 5.91 Å². The molecule has 0 atom stereocenters. The van der Waals surface area contributed by atoms with Crippen molar-refractivity contribution < 1.29 is 9.53 Å². The fourth-order valence-corrected chi connectivity index (χ4v) is 3.80. The van der Waals surface area contributed by atoms with Crippen LogP contribution in [-0.4, -0.2) is 32.2 Å². The Kier molecular flexibility index (Phi) is 3.74. The molecule has 4 aromatic rings. The van der Waals surface area contributed by atoms with Gasteiger partial charge in [0.15, 0.2) is 11.3 Å². The molecule has 0 radical (unpaired) electrons. The van der Waals surface area contributed by atoms with Gasteiger partial charge < -0.3 is 16.2 Å². The average Bonchev–Trinajstić information content (AvgIpc) is 3.19. The molecule has 3 heterocycles. The zero-order chi connectivity index (χ0) is 19.5. The van der Waals surface area contributed by atoms with Crippen LogP contribution in [-0.2, 0) is 0 Å². The zero-order valence-corrected chi connectivity index (χ0v) is 15.7. The molecule has 1 aromatic carbocycles. The number of ether oxygens (including phenoxy) is 1. The Hall–Kier alpha value is -3.26. The number of benzene rings is 1. The number of nitrogens with two attached hydrogens (primary N) is 2. The number of amides is 1. The highest BCUT2D eigenvalue weighted by Crippen LogP contribution is 2.37. The van der Waals surface area contributed by atoms with Crippen molar-refractivity contribution in [3.8, 4) is 11.4 Å². The molecule has 0 aliphatic heterocycles. The highest BCUT2D eigenvalue weighted by atomic mass is 35.5. The first kappa shape index (κ1) is 17.2. The van der Waals surface area contributed by atoms with Crippen LogP contribution >= 0.6 is 11.6 Å². The van der Waals surface area contributed by atoms with E-state index in [1.54, 1.807) is 22.3 Å². The normalized spacial score (nSPS) is 11.4. The van der Waals surface area contributed by atoms with E-state index in [-0.39, 0.29) is 11.4 Å². The molecular weight excluding hydrogens is 368 g/mol. The van der Waals surface area contributed by atoms with Gasteiger partial charge in [-0.15, -0.1) is 0 Å².